The number of rotatable bonds is 8. The second-order valence-electron chi connectivity index (χ2n) is 7.63. The first-order chi connectivity index (χ1) is 14.7. The number of thioether (sulfide) groups is 1. The van der Waals surface area contributed by atoms with E-state index >= 15 is 0 Å². The molecule has 2 aromatic rings. The molecule has 0 saturated carbocycles. The van der Waals surface area contributed by atoms with Gasteiger partial charge in [0.2, 0.25) is 0 Å². The van der Waals surface area contributed by atoms with Crippen LogP contribution in [0.4, 0.5) is 19.0 Å². The van der Waals surface area contributed by atoms with Gasteiger partial charge in [0, 0.05) is 43.6 Å². The van der Waals surface area contributed by atoms with Crippen molar-refractivity contribution in [1.29, 1.82) is 0 Å². The lowest BCUT2D eigenvalue weighted by molar-refractivity contribution is -0.141. The van der Waals surface area contributed by atoms with Gasteiger partial charge in [0.25, 0.3) is 5.91 Å². The van der Waals surface area contributed by atoms with Crippen LogP contribution in [0.5, 0.6) is 0 Å². The number of hydrogen-bond acceptors (Lipinski definition) is 6. The largest absolute Gasteiger partial charge is 0.433 e. The second-order valence-corrected chi connectivity index (χ2v) is 8.57. The Bertz CT molecular complexity index is 884. The maximum atomic E-state index is 13.3. The molecule has 1 fully saturated rings. The summed E-state index contributed by atoms with van der Waals surface area (Å²) in [5.41, 5.74) is 0.495. The fourth-order valence-electron chi connectivity index (χ4n) is 3.13. The van der Waals surface area contributed by atoms with E-state index in [4.69, 9.17) is 0 Å². The molecule has 1 aliphatic heterocycles. The number of carbonyl (C=O) groups excluding carboxylic acids is 1. The Morgan fingerprint density at radius 2 is 1.84 bits per heavy atom. The minimum absolute atomic E-state index is 0.0993. The molecule has 10 heteroatoms. The molecule has 0 atom stereocenters. The van der Waals surface area contributed by atoms with Crippen LogP contribution >= 0.6 is 11.8 Å². The van der Waals surface area contributed by atoms with E-state index < -0.39 is 11.9 Å². The molecule has 0 bridgehead atoms. The first kappa shape index (κ1) is 23.3. The average molecular weight is 454 g/mol. The zero-order valence-electron chi connectivity index (χ0n) is 17.6. The van der Waals surface area contributed by atoms with Crippen LogP contribution in [0.2, 0.25) is 0 Å². The molecule has 0 aliphatic carbocycles. The van der Waals surface area contributed by atoms with Gasteiger partial charge >= 0.3 is 6.18 Å². The Balaban J connectivity index is 1.65. The predicted molar refractivity (Wildman–Crippen MR) is 115 cm³/mol. The van der Waals surface area contributed by atoms with Crippen LogP contribution in [0.25, 0.3) is 0 Å². The molecule has 0 unspecified atom stereocenters. The lowest BCUT2D eigenvalue weighted by atomic mass is 10.1. The van der Waals surface area contributed by atoms with Gasteiger partial charge in [0.15, 0.2) is 10.9 Å². The van der Waals surface area contributed by atoms with E-state index in [1.165, 1.54) is 0 Å². The first-order valence-electron chi connectivity index (χ1n) is 10.1. The summed E-state index contributed by atoms with van der Waals surface area (Å²) in [6.07, 6.45) is -2.62. The van der Waals surface area contributed by atoms with Gasteiger partial charge in [0.05, 0.1) is 0 Å². The molecule has 1 aliphatic rings. The summed E-state index contributed by atoms with van der Waals surface area (Å²) in [5, 5.41) is 2.94. The number of likely N-dealkylation sites (N-methyl/N-ethyl adjacent to an activating group) is 1. The topological polar surface area (TPSA) is 61.4 Å². The third kappa shape index (κ3) is 6.83. The van der Waals surface area contributed by atoms with Crippen molar-refractivity contribution in [1.82, 2.24) is 20.2 Å². The van der Waals surface area contributed by atoms with Crippen molar-refractivity contribution in [3.63, 3.8) is 0 Å². The summed E-state index contributed by atoms with van der Waals surface area (Å²) in [4.78, 5) is 24.1. The number of benzene rings is 1. The highest BCUT2D eigenvalue weighted by Gasteiger charge is 2.34. The Morgan fingerprint density at radius 3 is 2.45 bits per heavy atom. The van der Waals surface area contributed by atoms with Crippen LogP contribution < -0.4 is 10.2 Å². The number of hydrogen-bond donors (Lipinski definition) is 1. The number of nitrogens with zero attached hydrogens (tertiary/aromatic N) is 4. The quantitative estimate of drug-likeness (QED) is 0.486. The van der Waals surface area contributed by atoms with Gasteiger partial charge in [0.1, 0.15) is 5.82 Å². The van der Waals surface area contributed by atoms with Gasteiger partial charge in [-0.2, -0.15) is 13.2 Å². The van der Waals surface area contributed by atoms with Gasteiger partial charge in [-0.05, 0) is 44.6 Å². The van der Waals surface area contributed by atoms with Crippen molar-refractivity contribution in [3.8, 4) is 0 Å². The number of halogens is 3. The maximum absolute atomic E-state index is 13.3. The Hall–Kier alpha value is -2.33. The predicted octanol–water partition coefficient (Wildman–Crippen LogP) is 3.68. The fraction of sp³-hybridized carbons (Fsp3) is 0.476. The van der Waals surface area contributed by atoms with Gasteiger partial charge in [-0.3, -0.25) is 4.79 Å². The fourth-order valence-corrected chi connectivity index (χ4v) is 3.94. The minimum atomic E-state index is -4.52. The van der Waals surface area contributed by atoms with E-state index in [1.54, 1.807) is 24.3 Å². The minimum Gasteiger partial charge on any atom is -0.356 e. The molecule has 2 heterocycles. The summed E-state index contributed by atoms with van der Waals surface area (Å²) < 4.78 is 39.9. The number of alkyl halides is 3. The average Bonchev–Trinajstić information content (AvgIpc) is 3.26. The molecule has 0 spiro atoms. The summed E-state index contributed by atoms with van der Waals surface area (Å²) in [6.45, 7) is 2.71. The molecule has 1 aromatic heterocycles. The van der Waals surface area contributed by atoms with Crippen molar-refractivity contribution >= 4 is 23.5 Å². The Labute approximate surface area is 184 Å². The summed E-state index contributed by atoms with van der Waals surface area (Å²) >= 11 is 1.15. The Kier molecular flexibility index (Phi) is 7.77. The zero-order chi connectivity index (χ0) is 22.4. The summed E-state index contributed by atoms with van der Waals surface area (Å²) in [7, 11) is 3.86. The van der Waals surface area contributed by atoms with Crippen LogP contribution in [-0.2, 0) is 11.9 Å². The number of nitrogens with one attached hydrogen (secondary N) is 1. The zero-order valence-corrected chi connectivity index (χ0v) is 18.4. The van der Waals surface area contributed by atoms with E-state index in [2.05, 4.69) is 15.3 Å². The maximum Gasteiger partial charge on any atom is 0.433 e. The lowest BCUT2D eigenvalue weighted by Gasteiger charge is -2.18. The SMILES string of the molecule is CN(C)CCNC(=O)c1ccc(CSc2nc(N3CCCC3)cc(C(F)(F)F)n2)cc1. The molecule has 3 rings (SSSR count). The molecule has 0 radical (unpaired) electrons. The third-order valence-corrected chi connectivity index (χ3v) is 5.76. The molecule has 31 heavy (non-hydrogen) atoms. The molecular weight excluding hydrogens is 427 g/mol. The number of aromatic nitrogens is 2. The number of carbonyl (C=O) groups is 1. The van der Waals surface area contributed by atoms with Crippen LogP contribution in [0.1, 0.15) is 34.5 Å². The van der Waals surface area contributed by atoms with E-state index in [0.717, 1.165) is 42.8 Å². The van der Waals surface area contributed by atoms with Crippen LogP contribution in [0.15, 0.2) is 35.5 Å². The number of anilines is 1. The molecule has 1 N–H and O–H groups in total. The molecule has 1 amide bonds. The molecule has 168 valence electrons. The van der Waals surface area contributed by atoms with E-state index in [0.29, 0.717) is 36.8 Å². The summed E-state index contributed by atoms with van der Waals surface area (Å²) in [6, 6.07) is 8.04. The highest BCUT2D eigenvalue weighted by molar-refractivity contribution is 7.98. The van der Waals surface area contributed by atoms with Gasteiger partial charge in [-0.25, -0.2) is 9.97 Å². The highest BCUT2D eigenvalue weighted by Crippen LogP contribution is 2.33. The third-order valence-electron chi connectivity index (χ3n) is 4.84. The van der Waals surface area contributed by atoms with E-state index in [1.807, 2.05) is 23.9 Å². The molecular formula is C21H26F3N5OS. The van der Waals surface area contributed by atoms with E-state index in [-0.39, 0.29) is 11.1 Å². The van der Waals surface area contributed by atoms with Crippen molar-refractivity contribution in [2.45, 2.75) is 29.9 Å². The normalized spacial score (nSPS) is 14.3. The van der Waals surface area contributed by atoms with Gasteiger partial charge in [-0.15, -0.1) is 0 Å². The first-order valence-corrected chi connectivity index (χ1v) is 11.1. The molecule has 6 nitrogen and oxygen atoms in total. The smallest absolute Gasteiger partial charge is 0.356 e. The van der Waals surface area contributed by atoms with Crippen molar-refractivity contribution in [3.05, 3.63) is 47.2 Å². The van der Waals surface area contributed by atoms with Crippen LogP contribution in [0.3, 0.4) is 0 Å². The van der Waals surface area contributed by atoms with Crippen molar-refractivity contribution < 1.29 is 18.0 Å². The van der Waals surface area contributed by atoms with E-state index in [9.17, 15) is 18.0 Å². The monoisotopic (exact) mass is 453 g/mol. The van der Waals surface area contributed by atoms with Gasteiger partial charge < -0.3 is 15.1 Å². The van der Waals surface area contributed by atoms with Crippen LogP contribution in [0, 0.1) is 0 Å². The lowest BCUT2D eigenvalue weighted by Crippen LogP contribution is -2.31. The van der Waals surface area contributed by atoms with Crippen molar-refractivity contribution in [2.75, 3.05) is 45.2 Å². The van der Waals surface area contributed by atoms with Crippen LogP contribution in [-0.4, -0.2) is 61.0 Å². The molecule has 1 saturated heterocycles. The Morgan fingerprint density at radius 1 is 1.16 bits per heavy atom. The number of amides is 1. The highest BCUT2D eigenvalue weighted by atomic mass is 32.2. The second kappa shape index (κ2) is 10.3. The standard InChI is InChI=1S/C21H26F3N5OS/c1-28(2)12-9-25-19(30)16-7-5-15(6-8-16)14-31-20-26-17(21(22,23)24)13-18(27-20)29-10-3-4-11-29/h5-8,13H,3-4,9-12,14H2,1-2H3,(H,25,30). The molecule has 1 aromatic carbocycles. The van der Waals surface area contributed by atoms with Crippen molar-refractivity contribution in [2.24, 2.45) is 0 Å². The summed E-state index contributed by atoms with van der Waals surface area (Å²) in [5.74, 6) is 0.577. The van der Waals surface area contributed by atoms with Gasteiger partial charge in [-0.1, -0.05) is 23.9 Å².